The fourth-order valence-corrected chi connectivity index (χ4v) is 2.89. The molecule has 8 nitrogen and oxygen atoms in total. The third-order valence-corrected chi connectivity index (χ3v) is 4.16. The number of H-pyrrole nitrogens is 1. The minimum Gasteiger partial charge on any atom is -0.494 e. The van der Waals surface area contributed by atoms with Gasteiger partial charge >= 0.3 is 5.97 Å². The Morgan fingerprint density at radius 1 is 1.03 bits per heavy atom. The van der Waals surface area contributed by atoms with Crippen LogP contribution in [0.3, 0.4) is 0 Å². The SMILES string of the molecule is CCOc1ccc(OCCNC(=O)COC(=O)c2[nH]c(C)c(C(C)=O)c2C)cc1. The first-order valence-electron chi connectivity index (χ1n) is 9.33. The van der Waals surface area contributed by atoms with Crippen molar-refractivity contribution in [3.05, 3.63) is 46.8 Å². The van der Waals surface area contributed by atoms with Crippen molar-refractivity contribution in [3.8, 4) is 11.5 Å². The molecule has 0 atom stereocenters. The summed E-state index contributed by atoms with van der Waals surface area (Å²) in [6, 6.07) is 7.17. The van der Waals surface area contributed by atoms with Crippen LogP contribution in [-0.4, -0.2) is 49.0 Å². The summed E-state index contributed by atoms with van der Waals surface area (Å²) in [5.41, 5.74) is 1.76. The molecule has 0 radical (unpaired) electrons. The Hall–Kier alpha value is -3.29. The normalized spacial score (nSPS) is 10.3. The Labute approximate surface area is 169 Å². The van der Waals surface area contributed by atoms with E-state index in [0.717, 1.165) is 5.75 Å². The van der Waals surface area contributed by atoms with E-state index < -0.39 is 18.5 Å². The molecular formula is C21H26N2O6. The smallest absolute Gasteiger partial charge is 0.355 e. The number of ketones is 1. The predicted molar refractivity (Wildman–Crippen MR) is 107 cm³/mol. The summed E-state index contributed by atoms with van der Waals surface area (Å²) >= 11 is 0. The molecule has 2 N–H and O–H groups in total. The summed E-state index contributed by atoms with van der Waals surface area (Å²) in [6.45, 7) is 7.41. The zero-order valence-corrected chi connectivity index (χ0v) is 17.1. The summed E-state index contributed by atoms with van der Waals surface area (Å²) in [6.07, 6.45) is 0. The van der Waals surface area contributed by atoms with E-state index in [2.05, 4.69) is 10.3 Å². The molecule has 0 bridgehead atoms. The number of nitrogens with one attached hydrogen (secondary N) is 2. The van der Waals surface area contributed by atoms with Gasteiger partial charge in [-0.2, -0.15) is 0 Å². The number of rotatable bonds is 10. The Bertz CT molecular complexity index is 870. The number of hydrogen-bond donors (Lipinski definition) is 2. The van der Waals surface area contributed by atoms with Crippen LogP contribution in [0.4, 0.5) is 0 Å². The molecule has 0 unspecified atom stereocenters. The van der Waals surface area contributed by atoms with Gasteiger partial charge in [0.2, 0.25) is 0 Å². The summed E-state index contributed by atoms with van der Waals surface area (Å²) in [5, 5.41) is 2.61. The van der Waals surface area contributed by atoms with Crippen LogP contribution in [0.25, 0.3) is 0 Å². The van der Waals surface area contributed by atoms with Crippen LogP contribution in [0.15, 0.2) is 24.3 Å². The van der Waals surface area contributed by atoms with E-state index in [1.54, 1.807) is 38.1 Å². The third-order valence-electron chi connectivity index (χ3n) is 4.16. The van der Waals surface area contributed by atoms with Crippen molar-refractivity contribution in [3.63, 3.8) is 0 Å². The average Bonchev–Trinajstić information content (AvgIpc) is 2.99. The standard InChI is InChI=1S/C21H26N2O6/c1-5-27-16-6-8-17(9-7-16)28-11-10-22-18(25)12-29-21(26)20-13(2)19(15(4)24)14(3)23-20/h6-9,23H,5,10-12H2,1-4H3,(H,22,25). The van der Waals surface area contributed by atoms with E-state index >= 15 is 0 Å². The third kappa shape index (κ3) is 6.10. The maximum atomic E-state index is 12.2. The van der Waals surface area contributed by atoms with Crippen molar-refractivity contribution in [2.45, 2.75) is 27.7 Å². The lowest BCUT2D eigenvalue weighted by atomic mass is 10.1. The Balaban J connectivity index is 1.72. The van der Waals surface area contributed by atoms with Gasteiger partial charge < -0.3 is 24.5 Å². The van der Waals surface area contributed by atoms with Gasteiger partial charge in [0.1, 0.15) is 23.8 Å². The minimum absolute atomic E-state index is 0.138. The highest BCUT2D eigenvalue weighted by Crippen LogP contribution is 2.19. The number of carbonyl (C=O) groups is 3. The number of aromatic amines is 1. The van der Waals surface area contributed by atoms with Gasteiger partial charge in [0.15, 0.2) is 12.4 Å². The molecule has 0 spiro atoms. The van der Waals surface area contributed by atoms with Crippen molar-refractivity contribution in [2.75, 3.05) is 26.4 Å². The van der Waals surface area contributed by atoms with Crippen LogP contribution < -0.4 is 14.8 Å². The number of esters is 1. The van der Waals surface area contributed by atoms with E-state index in [0.29, 0.717) is 29.2 Å². The monoisotopic (exact) mass is 402 g/mol. The summed E-state index contributed by atoms with van der Waals surface area (Å²) < 4.78 is 15.9. The van der Waals surface area contributed by atoms with Crippen LogP contribution in [0.5, 0.6) is 11.5 Å². The van der Waals surface area contributed by atoms with Crippen molar-refractivity contribution in [1.29, 1.82) is 0 Å². The van der Waals surface area contributed by atoms with Crippen molar-refractivity contribution in [1.82, 2.24) is 10.3 Å². The second kappa shape index (κ2) is 10.3. The molecule has 1 aromatic carbocycles. The largest absolute Gasteiger partial charge is 0.494 e. The molecule has 2 aromatic rings. The molecule has 0 fully saturated rings. The van der Waals surface area contributed by atoms with Crippen molar-refractivity contribution >= 4 is 17.7 Å². The lowest BCUT2D eigenvalue weighted by Gasteiger charge is -2.09. The van der Waals surface area contributed by atoms with Gasteiger partial charge in [-0.3, -0.25) is 9.59 Å². The van der Waals surface area contributed by atoms with E-state index in [-0.39, 0.29) is 24.6 Å². The number of amides is 1. The van der Waals surface area contributed by atoms with Crippen LogP contribution in [0.1, 0.15) is 46.0 Å². The second-order valence-corrected chi connectivity index (χ2v) is 6.36. The van der Waals surface area contributed by atoms with E-state index in [4.69, 9.17) is 14.2 Å². The van der Waals surface area contributed by atoms with Gasteiger partial charge in [0.25, 0.3) is 5.91 Å². The lowest BCUT2D eigenvalue weighted by molar-refractivity contribution is -0.124. The van der Waals surface area contributed by atoms with Crippen LogP contribution in [0, 0.1) is 13.8 Å². The van der Waals surface area contributed by atoms with E-state index in [1.165, 1.54) is 6.92 Å². The molecule has 0 aliphatic heterocycles. The topological polar surface area (TPSA) is 107 Å². The highest BCUT2D eigenvalue weighted by Gasteiger charge is 2.21. The molecular weight excluding hydrogens is 376 g/mol. The minimum atomic E-state index is -0.682. The van der Waals surface area contributed by atoms with E-state index in [1.807, 2.05) is 6.92 Å². The van der Waals surface area contributed by atoms with Crippen LogP contribution in [0.2, 0.25) is 0 Å². The molecule has 29 heavy (non-hydrogen) atoms. The Morgan fingerprint density at radius 3 is 2.21 bits per heavy atom. The Morgan fingerprint density at radius 2 is 1.66 bits per heavy atom. The van der Waals surface area contributed by atoms with Gasteiger partial charge in [-0.25, -0.2) is 4.79 Å². The lowest BCUT2D eigenvalue weighted by Crippen LogP contribution is -2.32. The molecule has 2 rings (SSSR count). The maximum Gasteiger partial charge on any atom is 0.355 e. The van der Waals surface area contributed by atoms with Crippen molar-refractivity contribution < 1.29 is 28.6 Å². The fraction of sp³-hybridized carbons (Fsp3) is 0.381. The Kier molecular flexibility index (Phi) is 7.82. The fourth-order valence-electron chi connectivity index (χ4n) is 2.89. The molecule has 1 heterocycles. The molecule has 0 saturated carbocycles. The highest BCUT2D eigenvalue weighted by molar-refractivity contribution is 6.01. The maximum absolute atomic E-state index is 12.2. The molecule has 1 amide bonds. The number of hydrogen-bond acceptors (Lipinski definition) is 6. The van der Waals surface area contributed by atoms with Gasteiger partial charge in [-0.1, -0.05) is 0 Å². The molecule has 0 aliphatic carbocycles. The number of carbonyl (C=O) groups excluding carboxylic acids is 3. The first-order valence-corrected chi connectivity index (χ1v) is 9.33. The van der Waals surface area contributed by atoms with Crippen LogP contribution >= 0.6 is 0 Å². The number of ether oxygens (including phenoxy) is 3. The van der Waals surface area contributed by atoms with Gasteiger partial charge in [-0.15, -0.1) is 0 Å². The first kappa shape index (κ1) is 22.0. The van der Waals surface area contributed by atoms with Gasteiger partial charge in [0.05, 0.1) is 13.2 Å². The van der Waals surface area contributed by atoms with Gasteiger partial charge in [-0.05, 0) is 57.5 Å². The molecule has 156 valence electrons. The quantitative estimate of drug-likeness (QED) is 0.359. The predicted octanol–water partition coefficient (Wildman–Crippen LogP) is 2.58. The first-order chi connectivity index (χ1) is 13.8. The molecule has 0 saturated heterocycles. The summed E-state index contributed by atoms with van der Waals surface area (Å²) in [5.74, 6) is 0.159. The number of aryl methyl sites for hydroxylation is 1. The average molecular weight is 402 g/mol. The zero-order chi connectivity index (χ0) is 21.4. The van der Waals surface area contributed by atoms with Crippen molar-refractivity contribution in [2.24, 2.45) is 0 Å². The number of benzene rings is 1. The zero-order valence-electron chi connectivity index (χ0n) is 17.1. The molecule has 8 heteroatoms. The number of Topliss-reactive ketones (excluding diaryl/α,β-unsaturated/α-hetero) is 1. The molecule has 1 aromatic heterocycles. The summed E-state index contributed by atoms with van der Waals surface area (Å²) in [4.78, 5) is 38.5. The number of aromatic nitrogens is 1. The van der Waals surface area contributed by atoms with E-state index in [9.17, 15) is 14.4 Å². The molecule has 0 aliphatic rings. The van der Waals surface area contributed by atoms with Gasteiger partial charge in [0, 0.05) is 11.3 Å². The second-order valence-electron chi connectivity index (χ2n) is 6.36. The summed E-state index contributed by atoms with van der Waals surface area (Å²) in [7, 11) is 0. The van der Waals surface area contributed by atoms with Crippen LogP contribution in [-0.2, 0) is 9.53 Å². The highest BCUT2D eigenvalue weighted by atomic mass is 16.5.